The first-order valence-electron chi connectivity index (χ1n) is 9.04. The highest BCUT2D eigenvalue weighted by atomic mass is 16.4. The SMILES string of the molecule is Cc1ncc(-c2ccc3cnc(NC(=O)C4CCCCC4)c(N)c3c2)o1. The Morgan fingerprint density at radius 1 is 1.19 bits per heavy atom. The summed E-state index contributed by atoms with van der Waals surface area (Å²) in [6, 6.07) is 5.84. The number of nitrogen functional groups attached to an aromatic ring is 1. The Bertz CT molecular complexity index is 958. The maximum Gasteiger partial charge on any atom is 0.228 e. The van der Waals surface area contributed by atoms with Crippen LogP contribution >= 0.6 is 0 Å². The monoisotopic (exact) mass is 350 g/mol. The Labute approximate surface area is 151 Å². The molecule has 0 radical (unpaired) electrons. The number of oxazole rings is 1. The number of aryl methyl sites for hydroxylation is 1. The van der Waals surface area contributed by atoms with E-state index in [0.29, 0.717) is 23.2 Å². The number of amides is 1. The number of benzene rings is 1. The molecular weight excluding hydrogens is 328 g/mol. The van der Waals surface area contributed by atoms with Gasteiger partial charge in [0.1, 0.15) is 0 Å². The predicted molar refractivity (Wildman–Crippen MR) is 102 cm³/mol. The van der Waals surface area contributed by atoms with Crippen molar-refractivity contribution in [1.29, 1.82) is 0 Å². The average Bonchev–Trinajstić information content (AvgIpc) is 3.11. The molecule has 3 N–H and O–H groups in total. The minimum atomic E-state index is 0.0188. The molecule has 1 aromatic carbocycles. The molecule has 6 nitrogen and oxygen atoms in total. The highest BCUT2D eigenvalue weighted by Gasteiger charge is 2.22. The fourth-order valence-electron chi connectivity index (χ4n) is 3.56. The molecular formula is C20H22N4O2. The van der Waals surface area contributed by atoms with Gasteiger partial charge in [-0.25, -0.2) is 9.97 Å². The third-order valence-corrected chi connectivity index (χ3v) is 5.05. The van der Waals surface area contributed by atoms with Gasteiger partial charge in [-0.3, -0.25) is 4.79 Å². The fourth-order valence-corrected chi connectivity index (χ4v) is 3.56. The third kappa shape index (κ3) is 3.14. The second-order valence-corrected chi connectivity index (χ2v) is 6.89. The minimum Gasteiger partial charge on any atom is -0.441 e. The fraction of sp³-hybridized carbons (Fsp3) is 0.350. The first kappa shape index (κ1) is 16.6. The van der Waals surface area contributed by atoms with E-state index in [1.165, 1.54) is 6.42 Å². The van der Waals surface area contributed by atoms with Crippen molar-refractivity contribution in [2.24, 2.45) is 5.92 Å². The molecule has 0 unspecified atom stereocenters. The third-order valence-electron chi connectivity index (χ3n) is 5.05. The Morgan fingerprint density at radius 3 is 2.73 bits per heavy atom. The molecule has 6 heteroatoms. The number of hydrogen-bond acceptors (Lipinski definition) is 5. The molecule has 3 aromatic rings. The average molecular weight is 350 g/mol. The molecule has 0 spiro atoms. The quantitative estimate of drug-likeness (QED) is 0.734. The van der Waals surface area contributed by atoms with Crippen LogP contribution in [0.5, 0.6) is 0 Å². The zero-order valence-electron chi connectivity index (χ0n) is 14.8. The van der Waals surface area contributed by atoms with E-state index in [2.05, 4.69) is 15.3 Å². The van der Waals surface area contributed by atoms with Gasteiger partial charge in [-0.05, 0) is 18.9 Å². The number of carbonyl (C=O) groups excluding carboxylic acids is 1. The van der Waals surface area contributed by atoms with Crippen LogP contribution in [0.1, 0.15) is 38.0 Å². The largest absolute Gasteiger partial charge is 0.441 e. The standard InChI is InChI=1S/C20H22N4O2/c1-12-22-11-17(26-12)14-7-8-15-10-23-19(18(21)16(15)9-14)24-20(25)13-5-3-2-4-6-13/h7-11,13H,2-6,21H2,1H3,(H,23,24,25). The second-order valence-electron chi connectivity index (χ2n) is 6.89. The van der Waals surface area contributed by atoms with Gasteiger partial charge in [-0.15, -0.1) is 0 Å². The van der Waals surface area contributed by atoms with E-state index in [9.17, 15) is 4.79 Å². The van der Waals surface area contributed by atoms with Crippen LogP contribution in [0, 0.1) is 12.8 Å². The maximum atomic E-state index is 12.5. The maximum absolute atomic E-state index is 12.5. The molecule has 134 valence electrons. The summed E-state index contributed by atoms with van der Waals surface area (Å²) in [5.41, 5.74) is 7.69. The lowest BCUT2D eigenvalue weighted by molar-refractivity contribution is -0.120. The van der Waals surface area contributed by atoms with E-state index in [-0.39, 0.29) is 11.8 Å². The summed E-state index contributed by atoms with van der Waals surface area (Å²) in [6.45, 7) is 1.81. The Morgan fingerprint density at radius 2 is 2.00 bits per heavy atom. The van der Waals surface area contributed by atoms with Crippen LogP contribution in [0.3, 0.4) is 0 Å². The molecule has 26 heavy (non-hydrogen) atoms. The summed E-state index contributed by atoms with van der Waals surface area (Å²) in [5.74, 6) is 1.81. The van der Waals surface area contributed by atoms with Gasteiger partial charge in [0.15, 0.2) is 17.5 Å². The molecule has 0 saturated heterocycles. The number of hydrogen-bond donors (Lipinski definition) is 2. The first-order valence-corrected chi connectivity index (χ1v) is 9.04. The summed E-state index contributed by atoms with van der Waals surface area (Å²) in [5, 5.41) is 4.68. The summed E-state index contributed by atoms with van der Waals surface area (Å²) in [4.78, 5) is 21.0. The summed E-state index contributed by atoms with van der Waals surface area (Å²) in [6.07, 6.45) is 8.74. The number of pyridine rings is 1. The van der Waals surface area contributed by atoms with E-state index in [1.807, 2.05) is 25.1 Å². The Kier molecular flexibility index (Phi) is 4.32. The number of anilines is 2. The lowest BCUT2D eigenvalue weighted by Crippen LogP contribution is -2.25. The predicted octanol–water partition coefficient (Wildman–Crippen LogP) is 4.30. The lowest BCUT2D eigenvalue weighted by Gasteiger charge is -2.21. The smallest absolute Gasteiger partial charge is 0.228 e. The molecule has 2 heterocycles. The van der Waals surface area contributed by atoms with Crippen molar-refractivity contribution in [3.05, 3.63) is 36.5 Å². The molecule has 0 bridgehead atoms. The number of fused-ring (bicyclic) bond motifs is 1. The van der Waals surface area contributed by atoms with Gasteiger partial charge in [-0.2, -0.15) is 0 Å². The van der Waals surface area contributed by atoms with Crippen LogP contribution in [-0.2, 0) is 4.79 Å². The van der Waals surface area contributed by atoms with E-state index in [4.69, 9.17) is 10.2 Å². The molecule has 1 aliphatic carbocycles. The van der Waals surface area contributed by atoms with Crippen molar-refractivity contribution in [3.8, 4) is 11.3 Å². The van der Waals surface area contributed by atoms with E-state index in [0.717, 1.165) is 42.0 Å². The van der Waals surface area contributed by atoms with E-state index < -0.39 is 0 Å². The summed E-state index contributed by atoms with van der Waals surface area (Å²) < 4.78 is 5.60. The normalized spacial score (nSPS) is 15.3. The van der Waals surface area contributed by atoms with Crippen molar-refractivity contribution in [3.63, 3.8) is 0 Å². The van der Waals surface area contributed by atoms with Crippen molar-refractivity contribution in [1.82, 2.24) is 9.97 Å². The van der Waals surface area contributed by atoms with Crippen LogP contribution < -0.4 is 11.1 Å². The number of carbonyl (C=O) groups is 1. The molecule has 2 aromatic heterocycles. The van der Waals surface area contributed by atoms with Crippen molar-refractivity contribution >= 4 is 28.2 Å². The number of aromatic nitrogens is 2. The lowest BCUT2D eigenvalue weighted by atomic mass is 9.88. The van der Waals surface area contributed by atoms with E-state index in [1.54, 1.807) is 12.4 Å². The molecule has 1 amide bonds. The number of nitrogens with one attached hydrogen (secondary N) is 1. The van der Waals surface area contributed by atoms with Crippen LogP contribution in [0.2, 0.25) is 0 Å². The number of nitrogens with two attached hydrogens (primary N) is 1. The molecule has 1 saturated carbocycles. The van der Waals surface area contributed by atoms with Gasteiger partial charge in [0.2, 0.25) is 5.91 Å². The summed E-state index contributed by atoms with van der Waals surface area (Å²) in [7, 11) is 0. The van der Waals surface area contributed by atoms with Gasteiger partial charge < -0.3 is 15.5 Å². The molecule has 0 atom stereocenters. The van der Waals surface area contributed by atoms with Crippen LogP contribution in [0.4, 0.5) is 11.5 Å². The van der Waals surface area contributed by atoms with Gasteiger partial charge in [-0.1, -0.05) is 31.4 Å². The molecule has 0 aliphatic heterocycles. The number of rotatable bonds is 3. The van der Waals surface area contributed by atoms with Crippen molar-refractivity contribution < 1.29 is 9.21 Å². The van der Waals surface area contributed by atoms with Gasteiger partial charge in [0.05, 0.1) is 11.9 Å². The topological polar surface area (TPSA) is 94.0 Å². The van der Waals surface area contributed by atoms with Crippen molar-refractivity contribution in [2.75, 3.05) is 11.1 Å². The van der Waals surface area contributed by atoms with Crippen LogP contribution in [0.15, 0.2) is 35.0 Å². The van der Waals surface area contributed by atoms with Crippen molar-refractivity contribution in [2.45, 2.75) is 39.0 Å². The minimum absolute atomic E-state index is 0.0188. The molecule has 1 fully saturated rings. The zero-order valence-corrected chi connectivity index (χ0v) is 14.8. The Balaban J connectivity index is 1.65. The van der Waals surface area contributed by atoms with Crippen LogP contribution in [0.25, 0.3) is 22.1 Å². The second kappa shape index (κ2) is 6.78. The highest BCUT2D eigenvalue weighted by molar-refractivity contribution is 6.03. The van der Waals surface area contributed by atoms with Gasteiger partial charge >= 0.3 is 0 Å². The first-order chi connectivity index (χ1) is 12.6. The van der Waals surface area contributed by atoms with E-state index >= 15 is 0 Å². The highest BCUT2D eigenvalue weighted by Crippen LogP contribution is 2.32. The van der Waals surface area contributed by atoms with Crippen LogP contribution in [-0.4, -0.2) is 15.9 Å². The molecule has 4 rings (SSSR count). The zero-order chi connectivity index (χ0) is 18.1. The van der Waals surface area contributed by atoms with Gasteiger partial charge in [0, 0.05) is 35.4 Å². The van der Waals surface area contributed by atoms with Gasteiger partial charge in [0.25, 0.3) is 0 Å². The Hall–Kier alpha value is -2.89. The summed E-state index contributed by atoms with van der Waals surface area (Å²) >= 11 is 0. The number of nitrogens with zero attached hydrogens (tertiary/aromatic N) is 2. The molecule has 1 aliphatic rings.